The van der Waals surface area contributed by atoms with Crippen molar-refractivity contribution in [2.45, 2.75) is 0 Å². The van der Waals surface area contributed by atoms with Crippen LogP contribution in [0.1, 0.15) is 9.99 Å². The molecule has 30 heavy (non-hydrogen) atoms. The molecule has 190 valence electrons. The predicted molar refractivity (Wildman–Crippen MR) is 102 cm³/mol. The first-order chi connectivity index (χ1) is 6.00. The molecule has 0 atom stereocenters. The number of hydrogen-bond acceptors (Lipinski definition) is 4. The van der Waals surface area contributed by atoms with Gasteiger partial charge in [0, 0.05) is 0 Å². The summed E-state index contributed by atoms with van der Waals surface area (Å²) >= 11 is 0. The van der Waals surface area contributed by atoms with Crippen LogP contribution in [0.15, 0.2) is 0 Å². The van der Waals surface area contributed by atoms with Gasteiger partial charge < -0.3 is 88.6 Å². The second-order valence-electron chi connectivity index (χ2n) is 1.47. The van der Waals surface area contributed by atoms with Crippen LogP contribution >= 0.6 is 28.1 Å². The Kier molecular flexibility index (Phi) is 317. The van der Waals surface area contributed by atoms with Crippen LogP contribution in [-0.2, 0) is 19.5 Å². The van der Waals surface area contributed by atoms with Gasteiger partial charge in [0.1, 0.15) is 0 Å². The van der Waals surface area contributed by atoms with E-state index in [9.17, 15) is 0 Å². The SMILES string of the molecule is Cl.O.O.O.O.O.O.O.O.O.O=P(O)(O)O.O=P(O)(O)O.O=S(=O)(O)O.[Ca+2].[H-].[H-].[H-].[H-].[H-].[H-].[H-].[K+].[K+].[Mg+2].[Na+]. The maximum absolute atomic E-state index is 8.88. The van der Waals surface area contributed by atoms with E-state index in [1.807, 2.05) is 0 Å². The zero-order valence-electron chi connectivity index (χ0n) is 22.8. The van der Waals surface area contributed by atoms with Gasteiger partial charge in [-0.05, 0) is 0 Å². The number of hydrogen-bond donors (Lipinski definition) is 8. The Labute approximate surface area is 339 Å². The third kappa shape index (κ3) is 954. The van der Waals surface area contributed by atoms with Gasteiger partial charge in [0.25, 0.3) is 0 Å². The molecule has 0 bridgehead atoms. The minimum atomic E-state index is -4.67. The number of phosphoric acid groups is 2. The molecule has 0 amide bonds. The van der Waals surface area contributed by atoms with Gasteiger partial charge in [-0.3, -0.25) is 9.11 Å². The van der Waals surface area contributed by atoms with Crippen molar-refractivity contribution < 1.29 is 248 Å². The van der Waals surface area contributed by atoms with Crippen LogP contribution in [0.2, 0.25) is 0 Å². The quantitative estimate of drug-likeness (QED) is 0.0679. The molecule has 0 radical (unpaired) electrons. The molecule has 0 aromatic carbocycles. The number of halogens is 1. The van der Waals surface area contributed by atoms with E-state index >= 15 is 0 Å². The molecule has 0 aliphatic carbocycles. The third-order valence-electron chi connectivity index (χ3n) is 0. The van der Waals surface area contributed by atoms with Crippen molar-refractivity contribution in [3.63, 3.8) is 0 Å². The maximum atomic E-state index is 8.88. The van der Waals surface area contributed by atoms with Crippen LogP contribution in [0.25, 0.3) is 0 Å². The van der Waals surface area contributed by atoms with Crippen LogP contribution in [0, 0.1) is 0 Å². The van der Waals surface area contributed by atoms with Crippen molar-refractivity contribution in [1.29, 1.82) is 0 Å². The van der Waals surface area contributed by atoms with Crippen LogP contribution in [0.4, 0.5) is 0 Å². The molecule has 0 rings (SSSR count). The molecule has 0 unspecified atom stereocenters. The zero-order valence-corrected chi connectivity index (χ0v) is 31.1. The Bertz CT molecular complexity index is 341. The summed E-state index contributed by atoms with van der Waals surface area (Å²) in [7, 11) is -13.9. The summed E-state index contributed by atoms with van der Waals surface area (Å²) in [5.74, 6) is 0. The predicted octanol–water partition coefficient (Wildman–Crippen LogP) is -18.5. The van der Waals surface area contributed by atoms with Crippen molar-refractivity contribution >= 4 is 99.2 Å². The molecule has 26 N–H and O–H groups in total. The van der Waals surface area contributed by atoms with Crippen molar-refractivity contribution in [2.24, 2.45) is 0 Å². The van der Waals surface area contributed by atoms with E-state index in [4.69, 9.17) is 56.0 Å². The molecule has 0 saturated carbocycles. The van der Waals surface area contributed by atoms with Crippen LogP contribution < -0.4 is 132 Å². The van der Waals surface area contributed by atoms with Crippen molar-refractivity contribution in [3.8, 4) is 0 Å². The third-order valence-corrected chi connectivity index (χ3v) is 0. The van der Waals surface area contributed by atoms with E-state index in [0.29, 0.717) is 0 Å². The monoisotopic (exact) mass is 664 g/mol. The van der Waals surface area contributed by atoms with Crippen molar-refractivity contribution in [1.82, 2.24) is 0 Å². The second-order valence-corrected chi connectivity index (χ2v) is 4.42. The summed E-state index contributed by atoms with van der Waals surface area (Å²) in [5, 5.41) is 0. The maximum Gasteiger partial charge on any atom is 2.00 e. The van der Waals surface area contributed by atoms with Crippen LogP contribution in [-0.4, -0.2) is 157 Å². The van der Waals surface area contributed by atoms with Gasteiger partial charge in [0.2, 0.25) is 0 Å². The molecule has 21 nitrogen and oxygen atoms in total. The largest absolute Gasteiger partial charge is 2.00 e. The molecule has 0 saturated heterocycles. The molecule has 0 fully saturated rings. The second kappa shape index (κ2) is 70.3. The van der Waals surface area contributed by atoms with Gasteiger partial charge in [-0.25, -0.2) is 9.13 Å². The Morgan fingerprint density at radius 1 is 0.567 bits per heavy atom. The van der Waals surface area contributed by atoms with Gasteiger partial charge >= 0.3 is 219 Å². The van der Waals surface area contributed by atoms with Gasteiger partial charge in [-0.2, -0.15) is 8.42 Å². The van der Waals surface area contributed by atoms with Gasteiger partial charge in [-0.15, -0.1) is 12.4 Å². The van der Waals surface area contributed by atoms with E-state index in [1.54, 1.807) is 0 Å². The first-order valence-electron chi connectivity index (χ1n) is 2.26. The average molecular weight is 665 g/mol. The van der Waals surface area contributed by atoms with Crippen LogP contribution in [0.5, 0.6) is 0 Å². The normalized spacial score (nSPS) is 5.87. The number of rotatable bonds is 0. The fourth-order valence-electron chi connectivity index (χ4n) is 0. The molecule has 0 aliphatic heterocycles. The molecule has 0 heterocycles. The first-order valence-corrected chi connectivity index (χ1v) is 6.79. The topological polar surface area (TPSA) is 514 Å². The minimum Gasteiger partial charge on any atom is -1.00 e. The molecule has 0 aromatic heterocycles. The Morgan fingerprint density at radius 3 is 0.567 bits per heavy atom. The van der Waals surface area contributed by atoms with E-state index in [0.717, 1.165) is 0 Å². The summed E-state index contributed by atoms with van der Waals surface area (Å²) in [6.45, 7) is 0. The Morgan fingerprint density at radius 2 is 0.567 bits per heavy atom. The fraction of sp³-hybridized carbons (Fsp3) is 0. The van der Waals surface area contributed by atoms with Gasteiger partial charge in [-0.1, -0.05) is 0 Å². The fourth-order valence-corrected chi connectivity index (χ4v) is 0. The molecular weight excluding hydrogens is 631 g/mol. The standard InChI is InChI=1S/Ca.ClH.2K.Mg.Na.2H3O4P.H2O4S.9H2O.7H/c;;;;;;3*1-5(2,3)4;;;;;;;;;;;;;;;;/h;1H;;;;;2*(H3,1,2,3,4);(H2,1,2,3,4);9*1H2;;;;;;;/q+2;;2*+1;+2;+1;;;;;;;;;;;;;7*-1. The van der Waals surface area contributed by atoms with E-state index < -0.39 is 26.0 Å². The van der Waals surface area contributed by atoms with E-state index in [2.05, 4.69) is 0 Å². The summed E-state index contributed by atoms with van der Waals surface area (Å²) in [4.78, 5) is 43.1. The summed E-state index contributed by atoms with van der Waals surface area (Å²) in [5.41, 5.74) is 0. The van der Waals surface area contributed by atoms with Crippen molar-refractivity contribution in [3.05, 3.63) is 0 Å². The average Bonchev–Trinajstić information content (AvgIpc) is 1.41. The minimum absolute atomic E-state index is 0. The molecule has 0 aliphatic rings. The Balaban J connectivity index is -0.00000000196. The van der Waals surface area contributed by atoms with Gasteiger partial charge in [0.05, 0.1) is 0 Å². The van der Waals surface area contributed by atoms with Gasteiger partial charge in [0.15, 0.2) is 0 Å². The summed E-state index contributed by atoms with van der Waals surface area (Å²) in [6, 6.07) is 0. The summed E-state index contributed by atoms with van der Waals surface area (Å²) in [6.07, 6.45) is 0. The molecule has 0 aromatic rings. The smallest absolute Gasteiger partial charge is 1.00 e. The van der Waals surface area contributed by atoms with Crippen molar-refractivity contribution in [2.75, 3.05) is 0 Å². The Hall–Kier alpha value is 6.32. The van der Waals surface area contributed by atoms with E-state index in [1.165, 1.54) is 0 Å². The molecule has 30 heteroatoms. The van der Waals surface area contributed by atoms with Crippen LogP contribution in [0.3, 0.4) is 0 Å². The first kappa shape index (κ1) is 135. The summed E-state index contributed by atoms with van der Waals surface area (Å²) < 4.78 is 49.3. The zero-order chi connectivity index (χ0) is 13.5. The van der Waals surface area contributed by atoms with E-state index in [-0.39, 0.29) is 265 Å². The molecule has 0 spiro atoms. The molecular formula is H34CaClK2MgNaO21P2S.